The zero-order valence-corrected chi connectivity index (χ0v) is 19.4. The molecule has 1 aromatic heterocycles. The number of fused-ring (bicyclic) bond motifs is 4. The highest BCUT2D eigenvalue weighted by atomic mass is 16.2. The van der Waals surface area contributed by atoms with Crippen LogP contribution in [0.4, 0.5) is 0 Å². The molecule has 2 amide bonds. The molecule has 6 rings (SSSR count). The summed E-state index contributed by atoms with van der Waals surface area (Å²) in [6.07, 6.45) is 0.518. The van der Waals surface area contributed by atoms with Crippen LogP contribution in [0, 0.1) is 6.92 Å². The fourth-order valence-electron chi connectivity index (χ4n) is 5.74. The van der Waals surface area contributed by atoms with Crippen molar-refractivity contribution in [3.05, 3.63) is 107 Å². The fourth-order valence-corrected chi connectivity index (χ4v) is 5.74. The van der Waals surface area contributed by atoms with Crippen molar-refractivity contribution in [2.75, 3.05) is 6.54 Å². The minimum atomic E-state index is -0.524. The van der Waals surface area contributed by atoms with Gasteiger partial charge in [0.2, 0.25) is 11.8 Å². The average molecular weight is 450 g/mol. The number of H-pyrrole nitrogens is 1. The van der Waals surface area contributed by atoms with Gasteiger partial charge in [-0.3, -0.25) is 9.59 Å². The van der Waals surface area contributed by atoms with E-state index in [0.29, 0.717) is 6.42 Å². The normalized spacial score (nSPS) is 20.9. The number of aromatic nitrogens is 1. The number of carbonyl (C=O) groups is 2. The van der Waals surface area contributed by atoms with Crippen molar-refractivity contribution in [3.8, 4) is 0 Å². The van der Waals surface area contributed by atoms with Crippen LogP contribution in [-0.2, 0) is 16.0 Å². The minimum Gasteiger partial charge on any atom is -0.356 e. The Morgan fingerprint density at radius 2 is 1.62 bits per heavy atom. The summed E-state index contributed by atoms with van der Waals surface area (Å²) in [5, 5.41) is 1.13. The summed E-state index contributed by atoms with van der Waals surface area (Å²) in [5.41, 5.74) is 6.42. The molecule has 2 aliphatic heterocycles. The predicted octanol–water partition coefficient (Wildman–Crippen LogP) is 4.92. The van der Waals surface area contributed by atoms with Crippen LogP contribution in [0.3, 0.4) is 0 Å². The highest BCUT2D eigenvalue weighted by Crippen LogP contribution is 2.44. The van der Waals surface area contributed by atoms with Crippen LogP contribution in [0.5, 0.6) is 0 Å². The summed E-state index contributed by atoms with van der Waals surface area (Å²) in [4.78, 5) is 34.9. The van der Waals surface area contributed by atoms with Crippen LogP contribution in [-0.4, -0.2) is 39.2 Å². The summed E-state index contributed by atoms with van der Waals surface area (Å²) < 4.78 is 0. The lowest BCUT2D eigenvalue weighted by Gasteiger charge is -2.48. The Hall–Kier alpha value is -3.86. The van der Waals surface area contributed by atoms with Crippen LogP contribution < -0.4 is 0 Å². The summed E-state index contributed by atoms with van der Waals surface area (Å²) in [5.74, 6) is 0.00964. The molecule has 1 fully saturated rings. The number of rotatable bonds is 3. The molecule has 3 heterocycles. The van der Waals surface area contributed by atoms with E-state index in [2.05, 4.69) is 36.2 Å². The number of aryl methyl sites for hydroxylation is 1. The first-order valence-corrected chi connectivity index (χ1v) is 11.9. The third kappa shape index (κ3) is 3.07. The first-order chi connectivity index (χ1) is 16.5. The Kier molecular flexibility index (Phi) is 4.80. The average Bonchev–Trinajstić information content (AvgIpc) is 3.24. The van der Waals surface area contributed by atoms with Gasteiger partial charge in [0.1, 0.15) is 12.6 Å². The molecular formula is C29H27N3O2. The zero-order chi connectivity index (χ0) is 23.4. The summed E-state index contributed by atoms with van der Waals surface area (Å²) in [6.45, 7) is 4.17. The molecule has 4 aromatic rings. The number of hydrogen-bond acceptors (Lipinski definition) is 2. The van der Waals surface area contributed by atoms with E-state index < -0.39 is 6.04 Å². The molecule has 1 saturated heterocycles. The van der Waals surface area contributed by atoms with Gasteiger partial charge in [0, 0.05) is 23.0 Å². The van der Waals surface area contributed by atoms with E-state index in [1.165, 1.54) is 0 Å². The van der Waals surface area contributed by atoms with E-state index in [0.717, 1.165) is 38.9 Å². The number of benzene rings is 3. The second-order valence-electron chi connectivity index (χ2n) is 9.40. The first kappa shape index (κ1) is 20.7. The molecule has 3 aromatic carbocycles. The molecule has 0 spiro atoms. The lowest BCUT2D eigenvalue weighted by Crippen LogP contribution is -2.63. The summed E-state index contributed by atoms with van der Waals surface area (Å²) in [7, 11) is 0. The van der Waals surface area contributed by atoms with E-state index in [1.807, 2.05) is 66.4 Å². The van der Waals surface area contributed by atoms with Gasteiger partial charge in [-0.15, -0.1) is 0 Å². The zero-order valence-electron chi connectivity index (χ0n) is 19.4. The van der Waals surface area contributed by atoms with Crippen molar-refractivity contribution in [1.82, 2.24) is 14.8 Å². The van der Waals surface area contributed by atoms with E-state index in [4.69, 9.17) is 0 Å². The molecular weight excluding hydrogens is 422 g/mol. The SMILES string of the molecule is Cc1ccccc1C1c2[nH]c3ccccc3c2C[C@H]2C(=O)N(C(C)c3ccccc3)CC(=O)N12. The number of amides is 2. The van der Waals surface area contributed by atoms with Gasteiger partial charge in [-0.1, -0.05) is 72.8 Å². The number of aromatic amines is 1. The van der Waals surface area contributed by atoms with E-state index >= 15 is 0 Å². The highest BCUT2D eigenvalue weighted by molar-refractivity contribution is 5.98. The van der Waals surface area contributed by atoms with Crippen LogP contribution in [0.2, 0.25) is 0 Å². The Bertz CT molecular complexity index is 1410. The monoisotopic (exact) mass is 449 g/mol. The second-order valence-corrected chi connectivity index (χ2v) is 9.40. The number of hydrogen-bond donors (Lipinski definition) is 1. The molecule has 170 valence electrons. The van der Waals surface area contributed by atoms with Gasteiger partial charge in [-0.25, -0.2) is 0 Å². The molecule has 5 heteroatoms. The molecule has 1 N–H and O–H groups in total. The van der Waals surface area contributed by atoms with Crippen molar-refractivity contribution in [1.29, 1.82) is 0 Å². The molecule has 0 bridgehead atoms. The molecule has 0 aliphatic carbocycles. The first-order valence-electron chi connectivity index (χ1n) is 11.9. The van der Waals surface area contributed by atoms with Gasteiger partial charge < -0.3 is 14.8 Å². The van der Waals surface area contributed by atoms with Gasteiger partial charge >= 0.3 is 0 Å². The number of piperazine rings is 1. The van der Waals surface area contributed by atoms with Crippen molar-refractivity contribution < 1.29 is 9.59 Å². The molecule has 2 unspecified atom stereocenters. The van der Waals surface area contributed by atoms with Gasteiger partial charge in [0.25, 0.3) is 0 Å². The van der Waals surface area contributed by atoms with Crippen LogP contribution in [0.25, 0.3) is 10.9 Å². The van der Waals surface area contributed by atoms with Gasteiger partial charge in [0.05, 0.1) is 12.1 Å². The molecule has 34 heavy (non-hydrogen) atoms. The number of carbonyl (C=O) groups excluding carboxylic acids is 2. The molecule has 0 saturated carbocycles. The second kappa shape index (κ2) is 7.87. The van der Waals surface area contributed by atoms with E-state index in [1.54, 1.807) is 4.90 Å². The van der Waals surface area contributed by atoms with E-state index in [9.17, 15) is 9.59 Å². The van der Waals surface area contributed by atoms with Crippen molar-refractivity contribution in [2.24, 2.45) is 0 Å². The summed E-state index contributed by atoms with van der Waals surface area (Å²) in [6, 6.07) is 25.3. The summed E-state index contributed by atoms with van der Waals surface area (Å²) >= 11 is 0. The third-order valence-corrected chi connectivity index (χ3v) is 7.53. The lowest BCUT2D eigenvalue weighted by atomic mass is 9.84. The minimum absolute atomic E-state index is 0.00931. The lowest BCUT2D eigenvalue weighted by molar-refractivity contribution is -0.160. The smallest absolute Gasteiger partial charge is 0.246 e. The Morgan fingerprint density at radius 3 is 2.41 bits per heavy atom. The quantitative estimate of drug-likeness (QED) is 0.483. The maximum atomic E-state index is 14.0. The topological polar surface area (TPSA) is 56.4 Å². The van der Waals surface area contributed by atoms with Crippen molar-refractivity contribution in [2.45, 2.75) is 38.4 Å². The Morgan fingerprint density at radius 1 is 0.912 bits per heavy atom. The predicted molar refractivity (Wildman–Crippen MR) is 132 cm³/mol. The maximum Gasteiger partial charge on any atom is 0.246 e. The fraction of sp³-hybridized carbons (Fsp3) is 0.241. The van der Waals surface area contributed by atoms with Crippen LogP contribution in [0.1, 0.15) is 47.0 Å². The molecule has 5 nitrogen and oxygen atoms in total. The Balaban J connectivity index is 1.50. The van der Waals surface area contributed by atoms with Crippen LogP contribution >= 0.6 is 0 Å². The van der Waals surface area contributed by atoms with Gasteiger partial charge in [-0.05, 0) is 42.2 Å². The van der Waals surface area contributed by atoms with Gasteiger partial charge in [0.15, 0.2) is 0 Å². The Labute approximate surface area is 199 Å². The van der Waals surface area contributed by atoms with Crippen molar-refractivity contribution >= 4 is 22.7 Å². The van der Waals surface area contributed by atoms with E-state index in [-0.39, 0.29) is 30.4 Å². The van der Waals surface area contributed by atoms with Gasteiger partial charge in [-0.2, -0.15) is 0 Å². The molecule has 2 aliphatic rings. The maximum absolute atomic E-state index is 14.0. The van der Waals surface area contributed by atoms with Crippen molar-refractivity contribution in [3.63, 3.8) is 0 Å². The standard InChI is InChI=1S/C29H27N3O2/c1-18-10-6-7-13-21(18)28-27-23(22-14-8-9-15-24(22)30-27)16-25-29(34)31(17-26(33)32(25)28)19(2)20-11-4-3-5-12-20/h3-15,19,25,28,30H,16-17H2,1-2H3/t19?,25-,28?/m0/s1. The van der Waals surface area contributed by atoms with Crippen LogP contribution in [0.15, 0.2) is 78.9 Å². The molecule has 3 atom stereocenters. The number of nitrogens with zero attached hydrogens (tertiary/aromatic N) is 2. The molecule has 0 radical (unpaired) electrons. The third-order valence-electron chi connectivity index (χ3n) is 7.53. The largest absolute Gasteiger partial charge is 0.356 e. The number of para-hydroxylation sites is 1. The number of nitrogens with one attached hydrogen (secondary N) is 1. The highest BCUT2D eigenvalue weighted by Gasteiger charge is 2.49.